The minimum Gasteiger partial charge on any atom is -0.491 e. The van der Waals surface area contributed by atoms with E-state index in [1.807, 2.05) is 12.1 Å². The molecule has 0 fully saturated rings. The first-order valence-electron chi connectivity index (χ1n) is 4.35. The largest absolute Gasteiger partial charge is 0.491 e. The Labute approximate surface area is 96.5 Å². The van der Waals surface area contributed by atoms with Crippen molar-refractivity contribution < 1.29 is 14.3 Å². The summed E-state index contributed by atoms with van der Waals surface area (Å²) in [6.07, 6.45) is 0. The zero-order valence-electron chi connectivity index (χ0n) is 8.27. The van der Waals surface area contributed by atoms with Crippen molar-refractivity contribution >= 4 is 21.9 Å². The molecule has 2 N–H and O–H groups in total. The van der Waals surface area contributed by atoms with Crippen LogP contribution in [0.4, 0.5) is 0 Å². The highest BCUT2D eigenvalue weighted by Gasteiger charge is 2.13. The number of hydrogen-bond donors (Lipinski definition) is 1. The molecule has 1 rings (SSSR count). The first-order valence-corrected chi connectivity index (χ1v) is 5.14. The number of rotatable bonds is 4. The van der Waals surface area contributed by atoms with Crippen LogP contribution in [-0.2, 0) is 9.53 Å². The third-order valence-electron chi connectivity index (χ3n) is 1.75. The fourth-order valence-electron chi connectivity index (χ4n) is 0.936. The Kier molecular flexibility index (Phi) is 4.58. The summed E-state index contributed by atoms with van der Waals surface area (Å²) >= 11 is 3.31. The van der Waals surface area contributed by atoms with Crippen molar-refractivity contribution in [3.05, 3.63) is 28.7 Å². The predicted octanol–water partition coefficient (Wildman–Crippen LogP) is 1.33. The summed E-state index contributed by atoms with van der Waals surface area (Å²) in [5, 5.41) is 0. The Bertz CT molecular complexity index is 326. The molecule has 0 aliphatic carbocycles. The quantitative estimate of drug-likeness (QED) is 0.841. The van der Waals surface area contributed by atoms with E-state index in [4.69, 9.17) is 10.5 Å². The van der Waals surface area contributed by atoms with E-state index in [2.05, 4.69) is 20.7 Å². The normalized spacial score (nSPS) is 11.9. The van der Waals surface area contributed by atoms with E-state index in [9.17, 15) is 4.79 Å². The molecule has 1 atom stereocenters. The molecule has 82 valence electrons. The Balaban J connectivity index is 2.43. The number of methoxy groups -OCH3 is 1. The molecule has 4 nitrogen and oxygen atoms in total. The van der Waals surface area contributed by atoms with Crippen LogP contribution in [0, 0.1) is 0 Å². The van der Waals surface area contributed by atoms with Crippen molar-refractivity contribution in [1.29, 1.82) is 0 Å². The fourth-order valence-corrected chi connectivity index (χ4v) is 1.20. The van der Waals surface area contributed by atoms with Crippen molar-refractivity contribution in [2.45, 2.75) is 6.04 Å². The molecule has 0 spiro atoms. The van der Waals surface area contributed by atoms with Crippen LogP contribution in [0.3, 0.4) is 0 Å². The highest BCUT2D eigenvalue weighted by Crippen LogP contribution is 2.16. The molecule has 15 heavy (non-hydrogen) atoms. The van der Waals surface area contributed by atoms with Crippen molar-refractivity contribution in [3.8, 4) is 5.75 Å². The van der Waals surface area contributed by atoms with Gasteiger partial charge in [-0.2, -0.15) is 0 Å². The first-order chi connectivity index (χ1) is 7.13. The molecule has 0 aromatic heterocycles. The average molecular weight is 274 g/mol. The highest BCUT2D eigenvalue weighted by atomic mass is 79.9. The SMILES string of the molecule is COC(=O)[C@@H](N)COc1ccc(Br)cc1. The van der Waals surface area contributed by atoms with Gasteiger partial charge in [-0.3, -0.25) is 4.79 Å². The molecular formula is C10H12BrNO3. The lowest BCUT2D eigenvalue weighted by Crippen LogP contribution is -2.37. The number of carbonyl (C=O) groups excluding carboxylic acids is 1. The molecule has 0 unspecified atom stereocenters. The molecule has 1 aromatic rings. The molecule has 0 saturated heterocycles. The van der Waals surface area contributed by atoms with Crippen LogP contribution < -0.4 is 10.5 Å². The second-order valence-electron chi connectivity index (χ2n) is 2.89. The number of ether oxygens (including phenoxy) is 2. The number of nitrogens with two attached hydrogens (primary N) is 1. The van der Waals surface area contributed by atoms with E-state index >= 15 is 0 Å². The van der Waals surface area contributed by atoms with E-state index in [0.29, 0.717) is 5.75 Å². The van der Waals surface area contributed by atoms with Crippen LogP contribution in [0.15, 0.2) is 28.7 Å². The van der Waals surface area contributed by atoms with Crippen molar-refractivity contribution in [2.24, 2.45) is 5.73 Å². The molecule has 0 aliphatic heterocycles. The van der Waals surface area contributed by atoms with E-state index in [1.165, 1.54) is 7.11 Å². The van der Waals surface area contributed by atoms with E-state index in [-0.39, 0.29) is 6.61 Å². The zero-order valence-corrected chi connectivity index (χ0v) is 9.86. The second kappa shape index (κ2) is 5.72. The van der Waals surface area contributed by atoms with E-state index in [0.717, 1.165) is 4.47 Å². The summed E-state index contributed by atoms with van der Waals surface area (Å²) in [5.41, 5.74) is 5.50. The standard InChI is InChI=1S/C10H12BrNO3/c1-14-10(13)9(12)6-15-8-4-2-7(11)3-5-8/h2-5,9H,6,12H2,1H3/t9-/m0/s1. The van der Waals surface area contributed by atoms with Crippen LogP contribution >= 0.6 is 15.9 Å². The van der Waals surface area contributed by atoms with Gasteiger partial charge in [0.2, 0.25) is 0 Å². The van der Waals surface area contributed by atoms with Crippen molar-refractivity contribution in [1.82, 2.24) is 0 Å². The number of halogens is 1. The van der Waals surface area contributed by atoms with Gasteiger partial charge in [-0.1, -0.05) is 15.9 Å². The van der Waals surface area contributed by atoms with Crippen molar-refractivity contribution in [2.75, 3.05) is 13.7 Å². The van der Waals surface area contributed by atoms with Crippen molar-refractivity contribution in [3.63, 3.8) is 0 Å². The van der Waals surface area contributed by atoms with Gasteiger partial charge in [0.1, 0.15) is 18.4 Å². The predicted molar refractivity (Wildman–Crippen MR) is 59.6 cm³/mol. The number of esters is 1. The minimum atomic E-state index is -0.751. The van der Waals surface area contributed by atoms with Gasteiger partial charge in [-0.25, -0.2) is 0 Å². The summed E-state index contributed by atoms with van der Waals surface area (Å²) in [6.45, 7) is 0.105. The van der Waals surface area contributed by atoms with Gasteiger partial charge in [0.05, 0.1) is 7.11 Å². The fraction of sp³-hybridized carbons (Fsp3) is 0.300. The molecule has 5 heteroatoms. The van der Waals surface area contributed by atoms with E-state index < -0.39 is 12.0 Å². The van der Waals surface area contributed by atoms with Gasteiger partial charge < -0.3 is 15.2 Å². The minimum absolute atomic E-state index is 0.105. The Morgan fingerprint density at radius 3 is 2.60 bits per heavy atom. The summed E-state index contributed by atoms with van der Waals surface area (Å²) in [6, 6.07) is 6.51. The molecule has 0 aliphatic rings. The summed E-state index contributed by atoms with van der Waals surface area (Å²) in [7, 11) is 1.29. The summed E-state index contributed by atoms with van der Waals surface area (Å²) in [5.74, 6) is 0.185. The number of carbonyl (C=O) groups is 1. The summed E-state index contributed by atoms with van der Waals surface area (Å²) < 4.78 is 10.7. The van der Waals surface area contributed by atoms with Crippen LogP contribution in [0.25, 0.3) is 0 Å². The molecule has 0 saturated carbocycles. The molecule has 0 amide bonds. The molecule has 0 bridgehead atoms. The lowest BCUT2D eigenvalue weighted by Gasteiger charge is -2.10. The van der Waals surface area contributed by atoms with Gasteiger partial charge in [-0.05, 0) is 24.3 Å². The Hall–Kier alpha value is -1.07. The van der Waals surface area contributed by atoms with Crippen LogP contribution in [0.2, 0.25) is 0 Å². The highest BCUT2D eigenvalue weighted by molar-refractivity contribution is 9.10. The average Bonchev–Trinajstić information content (AvgIpc) is 2.26. The third-order valence-corrected chi connectivity index (χ3v) is 2.28. The maximum absolute atomic E-state index is 11.0. The maximum atomic E-state index is 11.0. The summed E-state index contributed by atoms with van der Waals surface area (Å²) in [4.78, 5) is 11.0. The third kappa shape index (κ3) is 3.89. The van der Waals surface area contributed by atoms with Gasteiger partial charge in [0.15, 0.2) is 0 Å². The monoisotopic (exact) mass is 273 g/mol. The van der Waals surface area contributed by atoms with Gasteiger partial charge in [0, 0.05) is 4.47 Å². The van der Waals surface area contributed by atoms with Crippen LogP contribution in [0.1, 0.15) is 0 Å². The Morgan fingerprint density at radius 2 is 2.07 bits per heavy atom. The lowest BCUT2D eigenvalue weighted by molar-refractivity contribution is -0.142. The molecule has 0 radical (unpaired) electrons. The smallest absolute Gasteiger partial charge is 0.326 e. The zero-order chi connectivity index (χ0) is 11.3. The van der Waals surface area contributed by atoms with Gasteiger partial charge in [-0.15, -0.1) is 0 Å². The molecular weight excluding hydrogens is 262 g/mol. The topological polar surface area (TPSA) is 61.5 Å². The number of hydrogen-bond acceptors (Lipinski definition) is 4. The lowest BCUT2D eigenvalue weighted by atomic mass is 10.3. The van der Waals surface area contributed by atoms with Crippen LogP contribution in [0.5, 0.6) is 5.75 Å². The van der Waals surface area contributed by atoms with E-state index in [1.54, 1.807) is 12.1 Å². The second-order valence-corrected chi connectivity index (χ2v) is 3.81. The molecule has 0 heterocycles. The van der Waals surface area contributed by atoms with Crippen LogP contribution in [-0.4, -0.2) is 25.7 Å². The van der Waals surface area contributed by atoms with Gasteiger partial charge >= 0.3 is 5.97 Å². The maximum Gasteiger partial charge on any atom is 0.326 e. The molecule has 1 aromatic carbocycles. The first kappa shape index (κ1) is 12.0. The Morgan fingerprint density at radius 1 is 1.47 bits per heavy atom. The van der Waals surface area contributed by atoms with Gasteiger partial charge in [0.25, 0.3) is 0 Å². The number of benzene rings is 1.